The van der Waals surface area contributed by atoms with Crippen molar-refractivity contribution in [2.45, 2.75) is 31.8 Å². The Labute approximate surface area is 206 Å². The van der Waals surface area contributed by atoms with E-state index in [1.165, 1.54) is 6.07 Å². The molecule has 2 saturated heterocycles. The highest BCUT2D eigenvalue weighted by molar-refractivity contribution is 5.99. The molecule has 0 aliphatic carbocycles. The van der Waals surface area contributed by atoms with Crippen LogP contribution in [0.25, 0.3) is 0 Å². The molecule has 2 heterocycles. The second kappa shape index (κ2) is 10.7. The van der Waals surface area contributed by atoms with Crippen molar-refractivity contribution in [3.63, 3.8) is 0 Å². The van der Waals surface area contributed by atoms with Gasteiger partial charge in [0.1, 0.15) is 23.9 Å². The van der Waals surface area contributed by atoms with Gasteiger partial charge < -0.3 is 15.2 Å². The molecule has 35 heavy (non-hydrogen) atoms. The lowest BCUT2D eigenvalue weighted by molar-refractivity contribution is -0.867. The highest BCUT2D eigenvalue weighted by Crippen LogP contribution is 2.44. The average molecular weight is 484 g/mol. The molecule has 0 radical (unpaired) electrons. The molecule has 0 bridgehead atoms. The van der Waals surface area contributed by atoms with E-state index in [1.807, 2.05) is 6.07 Å². The fraction of sp³-hybridized carbons (Fsp3) is 0.500. The number of Topliss-reactive ketones (excluding diaryl/α,β-unsaturated/α-hetero) is 1. The maximum absolute atomic E-state index is 14.6. The van der Waals surface area contributed by atoms with Gasteiger partial charge in [0.05, 0.1) is 25.6 Å². The summed E-state index contributed by atoms with van der Waals surface area (Å²) in [6.07, 6.45) is 1.92. The Morgan fingerprint density at radius 1 is 1.20 bits per heavy atom. The number of methoxy groups -OCH3 is 1. The van der Waals surface area contributed by atoms with Gasteiger partial charge in [0.15, 0.2) is 5.78 Å². The summed E-state index contributed by atoms with van der Waals surface area (Å²) in [5.74, 6) is -1.60. The van der Waals surface area contributed by atoms with Crippen LogP contribution in [-0.2, 0) is 15.1 Å². The van der Waals surface area contributed by atoms with Crippen molar-refractivity contribution in [3.05, 3.63) is 71.0 Å². The lowest BCUT2D eigenvalue weighted by Gasteiger charge is -2.50. The molecule has 0 saturated carbocycles. The molecule has 1 amide bonds. The molecule has 2 aliphatic heterocycles. The van der Waals surface area contributed by atoms with Crippen molar-refractivity contribution in [2.75, 3.05) is 46.4 Å². The second-order valence-electron chi connectivity index (χ2n) is 10.0. The van der Waals surface area contributed by atoms with Gasteiger partial charge in [-0.05, 0) is 43.5 Å². The number of ether oxygens (including phenoxy) is 1. The Hall–Kier alpha value is -2.45. The molecule has 2 aromatic carbocycles. The lowest BCUT2D eigenvalue weighted by atomic mass is 9.70. The number of likely N-dealkylation sites (tertiary alicyclic amines) is 1. The summed E-state index contributed by atoms with van der Waals surface area (Å²) < 4.78 is 20.0. The highest BCUT2D eigenvalue weighted by Gasteiger charge is 2.57. The first-order chi connectivity index (χ1) is 16.8. The summed E-state index contributed by atoms with van der Waals surface area (Å²) in [7, 11) is 1.60. The van der Waals surface area contributed by atoms with Gasteiger partial charge in [-0.3, -0.25) is 9.28 Å². The van der Waals surface area contributed by atoms with Crippen LogP contribution in [0.1, 0.15) is 40.7 Å². The summed E-state index contributed by atoms with van der Waals surface area (Å²) in [6, 6.07) is 13.5. The van der Waals surface area contributed by atoms with Crippen LogP contribution in [0.2, 0.25) is 0 Å². The maximum atomic E-state index is 14.6. The zero-order valence-corrected chi connectivity index (χ0v) is 20.6. The number of nitrogens with zero attached hydrogens (tertiary/aromatic N) is 1. The average Bonchev–Trinajstić information content (AvgIpc) is 2.90. The fourth-order valence-electron chi connectivity index (χ4n) is 5.88. The van der Waals surface area contributed by atoms with Crippen LogP contribution >= 0.6 is 0 Å². The smallest absolute Gasteiger partial charge is 0.318 e. The standard InChI is InChI=1S/C28H36FN2O4/c1-20-23(11-6-12-25(20)29)28(34)13-15-31(16-17-35-2,27(33)22-10-7-14-30-18-22)19-24(28)26(32)21-8-4-3-5-9-21/h3-6,8-9,11-12,22,24,30,34H,7,10,13-19H2,1-2H3/q+1/t22-,24-,28-,31?/m0/s1. The Morgan fingerprint density at radius 3 is 2.66 bits per heavy atom. The minimum atomic E-state index is -1.58. The normalized spacial score (nSPS) is 29.0. The van der Waals surface area contributed by atoms with Gasteiger partial charge in [-0.2, -0.15) is 0 Å². The first-order valence-corrected chi connectivity index (χ1v) is 12.5. The van der Waals surface area contributed by atoms with Crippen molar-refractivity contribution in [2.24, 2.45) is 11.8 Å². The highest BCUT2D eigenvalue weighted by atomic mass is 19.1. The first kappa shape index (κ1) is 25.6. The van der Waals surface area contributed by atoms with Gasteiger partial charge in [0.2, 0.25) is 0 Å². The Kier molecular flexibility index (Phi) is 7.81. The maximum Gasteiger partial charge on any atom is 0.318 e. The molecule has 2 N–H and O–H groups in total. The number of amides is 1. The van der Waals surface area contributed by atoms with Crippen LogP contribution in [-0.4, -0.2) is 67.7 Å². The number of hydrogen-bond acceptors (Lipinski definition) is 5. The number of quaternary nitrogens is 1. The number of ketones is 1. The molecule has 0 aromatic heterocycles. The third-order valence-electron chi connectivity index (χ3n) is 7.98. The van der Waals surface area contributed by atoms with E-state index in [9.17, 15) is 19.1 Å². The number of benzene rings is 2. The number of aliphatic hydroxyl groups is 1. The van der Waals surface area contributed by atoms with Crippen LogP contribution < -0.4 is 5.32 Å². The molecule has 2 fully saturated rings. The zero-order valence-electron chi connectivity index (χ0n) is 20.6. The number of halogens is 1. The summed E-state index contributed by atoms with van der Waals surface area (Å²) in [4.78, 5) is 27.9. The summed E-state index contributed by atoms with van der Waals surface area (Å²) >= 11 is 0. The van der Waals surface area contributed by atoms with Gasteiger partial charge in [-0.1, -0.05) is 42.5 Å². The topological polar surface area (TPSA) is 75.6 Å². The number of carbonyl (C=O) groups excluding carboxylic acids is 2. The molecule has 4 atom stereocenters. The van der Waals surface area contributed by atoms with Crippen LogP contribution in [0, 0.1) is 24.6 Å². The Morgan fingerprint density at radius 2 is 1.97 bits per heavy atom. The fourth-order valence-corrected chi connectivity index (χ4v) is 5.88. The molecule has 2 aromatic rings. The van der Waals surface area contributed by atoms with Crippen molar-refractivity contribution < 1.29 is 28.3 Å². The predicted octanol–water partition coefficient (Wildman–Crippen LogP) is 3.21. The van der Waals surface area contributed by atoms with Gasteiger partial charge >= 0.3 is 5.91 Å². The van der Waals surface area contributed by atoms with E-state index in [0.717, 1.165) is 19.4 Å². The van der Waals surface area contributed by atoms with Gasteiger partial charge in [0, 0.05) is 25.6 Å². The van der Waals surface area contributed by atoms with Crippen molar-refractivity contribution in [1.82, 2.24) is 5.32 Å². The van der Waals surface area contributed by atoms with E-state index in [2.05, 4.69) is 5.32 Å². The Bertz CT molecular complexity index is 1060. The number of rotatable bonds is 7. The first-order valence-electron chi connectivity index (χ1n) is 12.5. The molecule has 1 unspecified atom stereocenters. The van der Waals surface area contributed by atoms with Crippen LogP contribution in [0.5, 0.6) is 0 Å². The minimum absolute atomic E-state index is 0.0834. The summed E-state index contributed by atoms with van der Waals surface area (Å²) in [5, 5.41) is 15.5. The van der Waals surface area contributed by atoms with E-state index >= 15 is 0 Å². The molecule has 188 valence electrons. The second-order valence-corrected chi connectivity index (χ2v) is 10.0. The minimum Gasteiger partial charge on any atom is -0.384 e. The number of carbonyl (C=O) groups is 2. The number of piperidine rings is 2. The van der Waals surface area contributed by atoms with E-state index < -0.39 is 17.3 Å². The summed E-state index contributed by atoms with van der Waals surface area (Å²) in [5.41, 5.74) is -0.355. The van der Waals surface area contributed by atoms with Crippen molar-refractivity contribution in [1.29, 1.82) is 0 Å². The third-order valence-corrected chi connectivity index (χ3v) is 7.98. The van der Waals surface area contributed by atoms with Crippen molar-refractivity contribution in [3.8, 4) is 0 Å². The van der Waals surface area contributed by atoms with E-state index in [1.54, 1.807) is 50.4 Å². The number of nitrogens with one attached hydrogen (secondary N) is 1. The van der Waals surface area contributed by atoms with Gasteiger partial charge in [-0.25, -0.2) is 9.18 Å². The predicted molar refractivity (Wildman–Crippen MR) is 131 cm³/mol. The summed E-state index contributed by atoms with van der Waals surface area (Å²) in [6.45, 7) is 4.47. The molecule has 4 rings (SSSR count). The third kappa shape index (κ3) is 4.96. The Balaban J connectivity index is 1.79. The van der Waals surface area contributed by atoms with Crippen LogP contribution in [0.15, 0.2) is 48.5 Å². The molecule has 2 aliphatic rings. The SMILES string of the molecule is COCC[N+]1(C(=O)[C@H]2CCCNC2)CC[C@](O)(c2cccc(F)c2C)[C@H](C(=O)c2ccccc2)C1. The van der Waals surface area contributed by atoms with Crippen LogP contribution in [0.4, 0.5) is 4.39 Å². The molecule has 7 heteroatoms. The molecular weight excluding hydrogens is 447 g/mol. The number of hydrogen-bond donors (Lipinski definition) is 2. The van der Waals surface area contributed by atoms with Gasteiger partial charge in [-0.15, -0.1) is 0 Å². The van der Waals surface area contributed by atoms with E-state index in [-0.39, 0.29) is 35.1 Å². The quantitative estimate of drug-likeness (QED) is 0.467. The molecular formula is C28H36FN2O4+. The largest absolute Gasteiger partial charge is 0.384 e. The lowest BCUT2D eigenvalue weighted by Crippen LogP contribution is -2.67. The van der Waals surface area contributed by atoms with Gasteiger partial charge in [0.25, 0.3) is 0 Å². The van der Waals surface area contributed by atoms with Crippen LogP contribution in [0.3, 0.4) is 0 Å². The van der Waals surface area contributed by atoms with Crippen molar-refractivity contribution >= 4 is 11.7 Å². The monoisotopic (exact) mass is 483 g/mol. The molecule has 6 nitrogen and oxygen atoms in total. The van der Waals surface area contributed by atoms with E-state index in [4.69, 9.17) is 4.74 Å². The van der Waals surface area contributed by atoms with E-state index in [0.29, 0.717) is 42.9 Å². The molecule has 0 spiro atoms. The zero-order chi connectivity index (χ0) is 25.1.